The summed E-state index contributed by atoms with van der Waals surface area (Å²) in [6.45, 7) is 0. The Morgan fingerprint density at radius 2 is 1.79 bits per heavy atom. The number of hydrogen-bond acceptors (Lipinski definition) is 5. The largest absolute Gasteiger partial charge is 0.273 e. The van der Waals surface area contributed by atoms with E-state index in [0.717, 1.165) is 11.1 Å². The lowest BCUT2D eigenvalue weighted by Gasteiger charge is -2.21. The zero-order chi connectivity index (χ0) is 16.5. The van der Waals surface area contributed by atoms with Gasteiger partial charge in [-0.3, -0.25) is 14.8 Å². The van der Waals surface area contributed by atoms with Gasteiger partial charge in [-0.05, 0) is 28.9 Å². The lowest BCUT2D eigenvalue weighted by atomic mass is 10.0. The third-order valence-corrected chi connectivity index (χ3v) is 6.10. The van der Waals surface area contributed by atoms with Crippen LogP contribution in [0.3, 0.4) is 0 Å². The van der Waals surface area contributed by atoms with Crippen LogP contribution < -0.4 is 4.90 Å². The Kier molecular flexibility index (Phi) is 4.22. The van der Waals surface area contributed by atoms with E-state index in [1.807, 2.05) is 18.2 Å². The fraction of sp³-hybridized carbons (Fsp3) is 0.118. The van der Waals surface area contributed by atoms with E-state index in [1.54, 1.807) is 16.7 Å². The normalized spacial score (nSPS) is 17.4. The quantitative estimate of drug-likeness (QED) is 0.681. The van der Waals surface area contributed by atoms with Crippen LogP contribution in [0.2, 0.25) is 0 Å². The summed E-state index contributed by atoms with van der Waals surface area (Å²) in [7, 11) is 0. The van der Waals surface area contributed by atoms with E-state index in [1.165, 1.54) is 16.9 Å². The first-order valence-corrected chi connectivity index (χ1v) is 9.64. The van der Waals surface area contributed by atoms with Crippen molar-refractivity contribution < 1.29 is 4.79 Å². The van der Waals surface area contributed by atoms with Crippen molar-refractivity contribution >= 4 is 46.4 Å². The lowest BCUT2D eigenvalue weighted by molar-refractivity contribution is -0.115. The van der Waals surface area contributed by atoms with Crippen LogP contribution in [0.1, 0.15) is 10.9 Å². The summed E-state index contributed by atoms with van der Waals surface area (Å²) in [4.78, 5) is 14.0. The van der Waals surface area contributed by atoms with Gasteiger partial charge >= 0.3 is 0 Å². The number of carbonyl (C=O) groups excluding carboxylic acids is 1. The first-order chi connectivity index (χ1) is 11.7. The standard InChI is InChI=1S/C17H13N3OS3/c21-14-10-23-15(20(14)16-18-19-17(22)24-16)13-8-6-12(7-9-13)11-4-2-1-3-5-11/h1-9,15H,10H2,(H,19,22). The Balaban J connectivity index is 1.65. The van der Waals surface area contributed by atoms with Gasteiger partial charge in [0, 0.05) is 0 Å². The van der Waals surface area contributed by atoms with Crippen molar-refractivity contribution in [2.24, 2.45) is 0 Å². The van der Waals surface area contributed by atoms with Gasteiger partial charge in [0.25, 0.3) is 0 Å². The predicted molar refractivity (Wildman–Crippen MR) is 102 cm³/mol. The molecule has 0 bridgehead atoms. The molecule has 1 aliphatic heterocycles. The Bertz CT molecular complexity index is 918. The molecule has 2 heterocycles. The number of rotatable bonds is 3. The van der Waals surface area contributed by atoms with E-state index in [0.29, 0.717) is 14.8 Å². The molecule has 3 aromatic rings. The molecule has 1 aromatic heterocycles. The fourth-order valence-electron chi connectivity index (χ4n) is 2.67. The second-order valence-electron chi connectivity index (χ2n) is 5.31. The van der Waals surface area contributed by atoms with E-state index in [4.69, 9.17) is 12.2 Å². The van der Waals surface area contributed by atoms with Crippen molar-refractivity contribution in [2.75, 3.05) is 10.7 Å². The summed E-state index contributed by atoms with van der Waals surface area (Å²) in [6, 6.07) is 18.6. The number of aromatic nitrogens is 2. The van der Waals surface area contributed by atoms with Gasteiger partial charge in [0.2, 0.25) is 11.0 Å². The van der Waals surface area contributed by atoms with E-state index in [2.05, 4.69) is 46.6 Å². The molecule has 1 N–H and O–H groups in total. The summed E-state index contributed by atoms with van der Waals surface area (Å²) in [5.74, 6) is 0.521. The molecule has 0 radical (unpaired) electrons. The van der Waals surface area contributed by atoms with Crippen LogP contribution in [0, 0.1) is 3.95 Å². The minimum atomic E-state index is -0.0590. The molecule has 1 fully saturated rings. The van der Waals surface area contributed by atoms with E-state index < -0.39 is 0 Å². The van der Waals surface area contributed by atoms with Gasteiger partial charge in [0.15, 0.2) is 3.95 Å². The maximum Gasteiger partial charge on any atom is 0.240 e. The molecule has 24 heavy (non-hydrogen) atoms. The lowest BCUT2D eigenvalue weighted by Crippen LogP contribution is -2.27. The molecular formula is C17H13N3OS3. The number of nitrogens with zero attached hydrogens (tertiary/aromatic N) is 2. The molecule has 0 spiro atoms. The maximum absolute atomic E-state index is 12.3. The minimum Gasteiger partial charge on any atom is -0.273 e. The van der Waals surface area contributed by atoms with Gasteiger partial charge in [-0.25, -0.2) is 0 Å². The van der Waals surface area contributed by atoms with Crippen molar-refractivity contribution in [2.45, 2.75) is 5.37 Å². The fourth-order valence-corrected chi connectivity index (χ4v) is 4.82. The monoisotopic (exact) mass is 371 g/mol. The molecule has 1 amide bonds. The molecule has 0 saturated carbocycles. The first kappa shape index (κ1) is 15.6. The molecule has 0 aliphatic carbocycles. The smallest absolute Gasteiger partial charge is 0.240 e. The second-order valence-corrected chi connectivity index (χ2v) is 8.02. The van der Waals surface area contributed by atoms with Crippen LogP contribution in [-0.2, 0) is 4.79 Å². The number of thioether (sulfide) groups is 1. The highest BCUT2D eigenvalue weighted by atomic mass is 32.2. The molecule has 4 rings (SSSR count). The van der Waals surface area contributed by atoms with E-state index in [-0.39, 0.29) is 11.3 Å². The van der Waals surface area contributed by atoms with Crippen molar-refractivity contribution in [1.82, 2.24) is 10.2 Å². The Morgan fingerprint density at radius 1 is 1.08 bits per heavy atom. The molecule has 1 atom stereocenters. The van der Waals surface area contributed by atoms with Crippen LogP contribution >= 0.6 is 35.3 Å². The van der Waals surface area contributed by atoms with Crippen molar-refractivity contribution in [1.29, 1.82) is 0 Å². The Hall–Kier alpha value is -1.96. The van der Waals surface area contributed by atoms with Gasteiger partial charge in [0.05, 0.1) is 5.75 Å². The third-order valence-electron chi connectivity index (χ3n) is 3.80. The van der Waals surface area contributed by atoms with Gasteiger partial charge in [-0.1, -0.05) is 65.9 Å². The van der Waals surface area contributed by atoms with Crippen molar-refractivity contribution in [3.05, 3.63) is 64.1 Å². The van der Waals surface area contributed by atoms with E-state index in [9.17, 15) is 4.79 Å². The SMILES string of the molecule is O=C1CSC(c2ccc(-c3ccccc3)cc2)N1c1n[nH]c(=S)s1. The number of anilines is 1. The summed E-state index contributed by atoms with van der Waals surface area (Å²) in [6.07, 6.45) is 0. The molecule has 1 saturated heterocycles. The molecule has 120 valence electrons. The predicted octanol–water partition coefficient (Wildman–Crippen LogP) is 4.65. The Labute approximate surface area is 152 Å². The summed E-state index contributed by atoms with van der Waals surface area (Å²) < 4.78 is 0.577. The van der Waals surface area contributed by atoms with Crippen LogP contribution in [0.4, 0.5) is 5.13 Å². The van der Waals surface area contributed by atoms with Crippen LogP contribution in [0.5, 0.6) is 0 Å². The number of aromatic amines is 1. The highest BCUT2D eigenvalue weighted by molar-refractivity contribution is 8.00. The number of carbonyl (C=O) groups is 1. The van der Waals surface area contributed by atoms with Crippen molar-refractivity contribution in [3.8, 4) is 11.1 Å². The highest BCUT2D eigenvalue weighted by Gasteiger charge is 2.35. The maximum atomic E-state index is 12.3. The van der Waals surface area contributed by atoms with Crippen molar-refractivity contribution in [3.63, 3.8) is 0 Å². The zero-order valence-corrected chi connectivity index (χ0v) is 15.0. The Morgan fingerprint density at radius 3 is 2.46 bits per heavy atom. The number of H-pyrrole nitrogens is 1. The third kappa shape index (κ3) is 2.90. The number of nitrogens with one attached hydrogen (secondary N) is 1. The average Bonchev–Trinajstić information content (AvgIpc) is 3.21. The number of amides is 1. The second kappa shape index (κ2) is 6.51. The van der Waals surface area contributed by atoms with Gasteiger partial charge < -0.3 is 0 Å². The highest BCUT2D eigenvalue weighted by Crippen LogP contribution is 2.42. The minimum absolute atomic E-state index is 0.0590. The van der Waals surface area contributed by atoms with Gasteiger partial charge in [-0.15, -0.1) is 16.9 Å². The van der Waals surface area contributed by atoms with Gasteiger partial charge in [-0.2, -0.15) is 0 Å². The molecule has 2 aromatic carbocycles. The molecule has 7 heteroatoms. The topological polar surface area (TPSA) is 49.0 Å². The summed E-state index contributed by atoms with van der Waals surface area (Å²) in [5.41, 5.74) is 3.43. The molecule has 1 unspecified atom stereocenters. The van der Waals surface area contributed by atoms with Gasteiger partial charge in [0.1, 0.15) is 5.37 Å². The molecule has 1 aliphatic rings. The average molecular weight is 372 g/mol. The van der Waals surface area contributed by atoms with E-state index >= 15 is 0 Å². The number of hydrogen-bond donors (Lipinski definition) is 1. The summed E-state index contributed by atoms with van der Waals surface area (Å²) in [5, 5.41) is 7.49. The molecule has 4 nitrogen and oxygen atoms in total. The van der Waals surface area contributed by atoms with Crippen LogP contribution in [0.25, 0.3) is 11.1 Å². The van der Waals surface area contributed by atoms with Crippen LogP contribution in [0.15, 0.2) is 54.6 Å². The summed E-state index contributed by atoms with van der Waals surface area (Å²) >= 11 is 8.03. The first-order valence-electron chi connectivity index (χ1n) is 7.37. The zero-order valence-electron chi connectivity index (χ0n) is 12.5. The van der Waals surface area contributed by atoms with Crippen LogP contribution in [-0.4, -0.2) is 21.9 Å². The molecular weight excluding hydrogens is 358 g/mol. The number of benzene rings is 2.